The number of hydrogen-bond donors (Lipinski definition) is 2. The number of carbonyl (C=O) groups excluding carboxylic acids is 2. The molecule has 4 saturated carbocycles. The summed E-state index contributed by atoms with van der Waals surface area (Å²) in [6.07, 6.45) is 7.91. The van der Waals surface area contributed by atoms with Crippen LogP contribution in [0.25, 0.3) is 0 Å². The van der Waals surface area contributed by atoms with Crippen LogP contribution < -0.4 is 10.6 Å². The summed E-state index contributed by atoms with van der Waals surface area (Å²) in [6, 6.07) is 5.16. The van der Waals surface area contributed by atoms with Crippen molar-refractivity contribution in [2.45, 2.75) is 56.2 Å². The van der Waals surface area contributed by atoms with E-state index in [0.29, 0.717) is 22.8 Å². The molecule has 4 nitrogen and oxygen atoms in total. The summed E-state index contributed by atoms with van der Waals surface area (Å²) in [5, 5.41) is 6.11. The highest BCUT2D eigenvalue weighted by atomic mass is 79.9. The fourth-order valence-corrected chi connectivity index (χ4v) is 7.71. The van der Waals surface area contributed by atoms with Crippen LogP contribution in [0.15, 0.2) is 18.2 Å². The number of rotatable bonds is 4. The summed E-state index contributed by atoms with van der Waals surface area (Å²) < 4.78 is 0.259. The highest BCUT2D eigenvalue weighted by Crippen LogP contribution is 2.65. The molecule has 4 aliphatic rings. The number of alkyl halides is 1. The normalized spacial score (nSPS) is 34.6. The molecule has 0 spiro atoms. The number of carbonyl (C=O) groups is 2. The molecule has 2 unspecified atom stereocenters. The Labute approximate surface area is 167 Å². The Morgan fingerprint density at radius 3 is 2.46 bits per heavy atom. The molecular formula is C20H24BrClN2O2. The minimum absolute atomic E-state index is 0.0391. The van der Waals surface area contributed by atoms with Gasteiger partial charge in [-0.15, -0.1) is 0 Å². The summed E-state index contributed by atoms with van der Waals surface area (Å²) in [4.78, 5) is 23.9. The molecule has 0 aliphatic heterocycles. The molecule has 0 heterocycles. The molecule has 5 rings (SSSR count). The van der Waals surface area contributed by atoms with Gasteiger partial charge in [0.2, 0.25) is 11.8 Å². The van der Waals surface area contributed by atoms with Crippen LogP contribution in [0.3, 0.4) is 0 Å². The highest BCUT2D eigenvalue weighted by Gasteiger charge is 2.57. The van der Waals surface area contributed by atoms with Gasteiger partial charge in [-0.3, -0.25) is 9.59 Å². The minimum atomic E-state index is -0.150. The first-order chi connectivity index (χ1) is 12.2. The van der Waals surface area contributed by atoms with Gasteiger partial charge in [0.25, 0.3) is 0 Å². The van der Waals surface area contributed by atoms with Crippen molar-refractivity contribution >= 4 is 50.7 Å². The van der Waals surface area contributed by atoms with Crippen molar-refractivity contribution in [1.82, 2.24) is 0 Å². The third-order valence-corrected chi connectivity index (χ3v) is 7.45. The number of hydrogen-bond acceptors (Lipinski definition) is 2. The lowest BCUT2D eigenvalue weighted by Crippen LogP contribution is -2.53. The molecule has 2 N–H and O–H groups in total. The number of amides is 2. The molecule has 2 atom stereocenters. The van der Waals surface area contributed by atoms with Gasteiger partial charge < -0.3 is 10.6 Å². The number of benzene rings is 1. The molecule has 6 heteroatoms. The maximum Gasteiger partial charge on any atom is 0.224 e. The molecule has 1 aromatic rings. The largest absolute Gasteiger partial charge is 0.326 e. The standard InChI is InChI=1S/C20H24BrClN2O2/c1-12(25)23-15-2-3-17(16(22)5-15)24-18(26)10-19-6-13-4-14(7-19)9-20(21,8-13)11-19/h2-3,5,13-14H,4,6-11H2,1H3,(H,23,25)(H,24,26). The second-order valence-electron chi connectivity index (χ2n) is 8.71. The monoisotopic (exact) mass is 438 g/mol. The van der Waals surface area contributed by atoms with Crippen molar-refractivity contribution in [3.05, 3.63) is 23.2 Å². The van der Waals surface area contributed by atoms with Gasteiger partial charge in [0.05, 0.1) is 10.7 Å². The Hall–Kier alpha value is -1.07. The molecule has 4 bridgehead atoms. The Balaban J connectivity index is 1.44. The van der Waals surface area contributed by atoms with Gasteiger partial charge in [-0.1, -0.05) is 27.5 Å². The summed E-state index contributed by atoms with van der Waals surface area (Å²) in [6.45, 7) is 1.45. The second-order valence-corrected chi connectivity index (χ2v) is 10.8. The van der Waals surface area contributed by atoms with Crippen LogP contribution in [0.1, 0.15) is 51.9 Å². The quantitative estimate of drug-likeness (QED) is 0.620. The van der Waals surface area contributed by atoms with Crippen molar-refractivity contribution in [2.75, 3.05) is 10.6 Å². The van der Waals surface area contributed by atoms with E-state index < -0.39 is 0 Å². The summed E-state index contributed by atoms with van der Waals surface area (Å²) in [7, 11) is 0. The third-order valence-electron chi connectivity index (χ3n) is 6.21. The topological polar surface area (TPSA) is 58.2 Å². The third kappa shape index (κ3) is 3.65. The molecule has 2 amide bonds. The molecule has 0 saturated heterocycles. The summed E-state index contributed by atoms with van der Waals surface area (Å²) >= 11 is 10.3. The van der Waals surface area contributed by atoms with E-state index in [0.717, 1.165) is 18.3 Å². The smallest absolute Gasteiger partial charge is 0.224 e. The first-order valence-electron chi connectivity index (χ1n) is 9.30. The fourth-order valence-electron chi connectivity index (χ4n) is 5.98. The minimum Gasteiger partial charge on any atom is -0.326 e. The average Bonchev–Trinajstić information content (AvgIpc) is 2.46. The van der Waals surface area contributed by atoms with Gasteiger partial charge in [0, 0.05) is 23.4 Å². The molecular weight excluding hydrogens is 416 g/mol. The maximum atomic E-state index is 12.8. The Morgan fingerprint density at radius 1 is 1.19 bits per heavy atom. The molecule has 0 aromatic heterocycles. The molecule has 4 fully saturated rings. The highest BCUT2D eigenvalue weighted by molar-refractivity contribution is 9.10. The zero-order valence-corrected chi connectivity index (χ0v) is 17.3. The van der Waals surface area contributed by atoms with Gasteiger partial charge in [-0.25, -0.2) is 0 Å². The predicted molar refractivity (Wildman–Crippen MR) is 108 cm³/mol. The molecule has 1 aromatic carbocycles. The first-order valence-corrected chi connectivity index (χ1v) is 10.5. The Kier molecular flexibility index (Phi) is 4.59. The lowest BCUT2D eigenvalue weighted by molar-refractivity contribution is -0.123. The van der Waals surface area contributed by atoms with Crippen LogP contribution in [0.2, 0.25) is 5.02 Å². The Morgan fingerprint density at radius 2 is 1.88 bits per heavy atom. The van der Waals surface area contributed by atoms with E-state index in [1.165, 1.54) is 39.0 Å². The van der Waals surface area contributed by atoms with Crippen molar-refractivity contribution in [3.8, 4) is 0 Å². The van der Waals surface area contributed by atoms with Gasteiger partial charge in [-0.05, 0) is 74.0 Å². The van der Waals surface area contributed by atoms with Crippen molar-refractivity contribution in [2.24, 2.45) is 17.3 Å². The van der Waals surface area contributed by atoms with Gasteiger partial charge in [-0.2, -0.15) is 0 Å². The van der Waals surface area contributed by atoms with Gasteiger partial charge in [0.15, 0.2) is 0 Å². The number of halogens is 2. The van der Waals surface area contributed by atoms with E-state index >= 15 is 0 Å². The van der Waals surface area contributed by atoms with Crippen LogP contribution in [0.4, 0.5) is 11.4 Å². The summed E-state index contributed by atoms with van der Waals surface area (Å²) in [5.41, 5.74) is 1.37. The zero-order chi connectivity index (χ0) is 18.5. The first kappa shape index (κ1) is 18.3. The second kappa shape index (κ2) is 6.52. The van der Waals surface area contributed by atoms with E-state index in [-0.39, 0.29) is 21.6 Å². The van der Waals surface area contributed by atoms with E-state index in [1.54, 1.807) is 18.2 Å². The molecule has 26 heavy (non-hydrogen) atoms. The number of nitrogens with one attached hydrogen (secondary N) is 2. The van der Waals surface area contributed by atoms with Crippen LogP contribution in [0.5, 0.6) is 0 Å². The van der Waals surface area contributed by atoms with E-state index in [9.17, 15) is 9.59 Å². The molecule has 4 aliphatic carbocycles. The fraction of sp³-hybridized carbons (Fsp3) is 0.600. The van der Waals surface area contributed by atoms with E-state index in [1.807, 2.05) is 0 Å². The Bertz CT molecular complexity index is 752. The SMILES string of the molecule is CC(=O)Nc1ccc(NC(=O)CC23CC4CC(CC(Br)(C4)C2)C3)c(Cl)c1. The molecule has 0 radical (unpaired) electrons. The average molecular weight is 440 g/mol. The summed E-state index contributed by atoms with van der Waals surface area (Å²) in [5.74, 6) is 1.42. The van der Waals surface area contributed by atoms with Crippen LogP contribution in [-0.2, 0) is 9.59 Å². The van der Waals surface area contributed by atoms with Gasteiger partial charge in [0.1, 0.15) is 0 Å². The van der Waals surface area contributed by atoms with Gasteiger partial charge >= 0.3 is 0 Å². The maximum absolute atomic E-state index is 12.8. The van der Waals surface area contributed by atoms with E-state index in [2.05, 4.69) is 26.6 Å². The van der Waals surface area contributed by atoms with Crippen LogP contribution in [-0.4, -0.2) is 16.1 Å². The molecule has 140 valence electrons. The van der Waals surface area contributed by atoms with Crippen molar-refractivity contribution < 1.29 is 9.59 Å². The lowest BCUT2D eigenvalue weighted by Gasteiger charge is -2.60. The van der Waals surface area contributed by atoms with E-state index in [4.69, 9.17) is 11.6 Å². The van der Waals surface area contributed by atoms with Crippen LogP contribution in [0, 0.1) is 17.3 Å². The van der Waals surface area contributed by atoms with Crippen molar-refractivity contribution in [3.63, 3.8) is 0 Å². The predicted octanol–water partition coefficient (Wildman–Crippen LogP) is 5.36. The lowest BCUT2D eigenvalue weighted by atomic mass is 9.48. The zero-order valence-electron chi connectivity index (χ0n) is 14.9. The van der Waals surface area contributed by atoms with Crippen LogP contribution >= 0.6 is 27.5 Å². The number of anilines is 2. The van der Waals surface area contributed by atoms with Crippen molar-refractivity contribution in [1.29, 1.82) is 0 Å².